The second-order valence-corrected chi connectivity index (χ2v) is 9.83. The van der Waals surface area contributed by atoms with Crippen LogP contribution in [-0.4, -0.2) is 17.6 Å². The number of amides is 1. The average Bonchev–Trinajstić information content (AvgIpc) is 3.59. The first-order chi connectivity index (χ1) is 19.2. The zero-order valence-corrected chi connectivity index (χ0v) is 22.3. The number of carbonyl (C=O) groups is 1. The number of para-hydroxylation sites is 1. The third-order valence-electron chi connectivity index (χ3n) is 6.83. The monoisotopic (exact) mass is 566 g/mol. The smallest absolute Gasteiger partial charge is 0.417 e. The number of nitrogens with zero attached hydrogens (tertiary/aromatic N) is 1. The van der Waals surface area contributed by atoms with Gasteiger partial charge in [0.15, 0.2) is 0 Å². The molecule has 0 aliphatic heterocycles. The predicted octanol–water partition coefficient (Wildman–Crippen LogP) is 7.80. The van der Waals surface area contributed by atoms with Gasteiger partial charge in [0.1, 0.15) is 11.5 Å². The number of aromatic nitrogens is 1. The van der Waals surface area contributed by atoms with Crippen molar-refractivity contribution in [1.82, 2.24) is 9.88 Å². The van der Waals surface area contributed by atoms with Gasteiger partial charge in [-0.05, 0) is 59.2 Å². The maximum atomic E-state index is 13.8. The second kappa shape index (κ2) is 11.5. The molecule has 1 N–H and O–H groups in total. The molecule has 206 valence electrons. The fourth-order valence-corrected chi connectivity index (χ4v) is 5.08. The lowest BCUT2D eigenvalue weighted by Crippen LogP contribution is -2.25. The number of hydrogen-bond acceptors (Lipinski definition) is 3. The van der Waals surface area contributed by atoms with Gasteiger partial charge < -0.3 is 19.0 Å². The molecule has 0 saturated carbocycles. The van der Waals surface area contributed by atoms with Crippen molar-refractivity contribution >= 4 is 28.4 Å². The molecule has 9 heteroatoms. The summed E-state index contributed by atoms with van der Waals surface area (Å²) in [5, 5.41) is 3.28. The molecule has 0 radical (unpaired) electrons. The second-order valence-electron chi connectivity index (χ2n) is 9.43. The molecule has 0 bridgehead atoms. The molecular formula is C31H26ClF3N2O3. The predicted molar refractivity (Wildman–Crippen MR) is 148 cm³/mol. The molecule has 0 aliphatic rings. The minimum absolute atomic E-state index is 0.0732. The van der Waals surface area contributed by atoms with Crippen molar-refractivity contribution in [3.8, 4) is 5.75 Å². The van der Waals surface area contributed by atoms with Crippen LogP contribution in [-0.2, 0) is 24.1 Å². The average molecular weight is 567 g/mol. The number of ether oxygens (including phenoxy) is 1. The van der Waals surface area contributed by atoms with Crippen LogP contribution in [0.15, 0.2) is 95.7 Å². The number of hydrogen-bond donors (Lipinski definition) is 1. The summed E-state index contributed by atoms with van der Waals surface area (Å²) < 4.78 is 54.0. The van der Waals surface area contributed by atoms with Gasteiger partial charge >= 0.3 is 6.18 Å². The molecule has 0 unspecified atom stereocenters. The number of alkyl halides is 3. The number of methoxy groups -OCH3 is 1. The van der Waals surface area contributed by atoms with Crippen molar-refractivity contribution in [2.24, 2.45) is 0 Å². The molecule has 1 amide bonds. The van der Waals surface area contributed by atoms with Crippen LogP contribution in [0.25, 0.3) is 10.9 Å². The number of fused-ring (bicyclic) bond motifs is 1. The van der Waals surface area contributed by atoms with E-state index in [4.69, 9.17) is 20.8 Å². The fourth-order valence-electron chi connectivity index (χ4n) is 4.85. The van der Waals surface area contributed by atoms with Crippen LogP contribution in [0.5, 0.6) is 5.75 Å². The Kier molecular flexibility index (Phi) is 7.89. The van der Waals surface area contributed by atoms with Gasteiger partial charge in [0.25, 0.3) is 0 Å². The minimum atomic E-state index is -4.64. The topological polar surface area (TPSA) is 56.4 Å². The van der Waals surface area contributed by atoms with Crippen molar-refractivity contribution in [3.63, 3.8) is 0 Å². The number of halogens is 4. The van der Waals surface area contributed by atoms with E-state index in [1.54, 1.807) is 25.3 Å². The summed E-state index contributed by atoms with van der Waals surface area (Å²) in [5.74, 6) is 0.325. The summed E-state index contributed by atoms with van der Waals surface area (Å²) in [6.45, 7) is 0.697. The third kappa shape index (κ3) is 6.02. The number of furan rings is 1. The molecule has 40 heavy (non-hydrogen) atoms. The van der Waals surface area contributed by atoms with Crippen molar-refractivity contribution < 1.29 is 27.1 Å². The van der Waals surface area contributed by atoms with Crippen molar-refractivity contribution in [2.45, 2.75) is 31.6 Å². The molecule has 0 fully saturated rings. The van der Waals surface area contributed by atoms with Crippen molar-refractivity contribution in [1.29, 1.82) is 0 Å². The van der Waals surface area contributed by atoms with E-state index in [1.165, 1.54) is 12.3 Å². The Morgan fingerprint density at radius 2 is 1.82 bits per heavy atom. The van der Waals surface area contributed by atoms with E-state index in [0.29, 0.717) is 17.9 Å². The van der Waals surface area contributed by atoms with E-state index in [0.717, 1.165) is 33.8 Å². The molecule has 5 rings (SSSR count). The fraction of sp³-hybridized carbons (Fsp3) is 0.194. The highest BCUT2D eigenvalue weighted by Crippen LogP contribution is 2.40. The summed E-state index contributed by atoms with van der Waals surface area (Å²) >= 11 is 5.93. The first kappa shape index (κ1) is 27.4. The molecule has 3 aromatic carbocycles. The lowest BCUT2D eigenvalue weighted by molar-refractivity contribution is -0.137. The maximum Gasteiger partial charge on any atom is 0.417 e. The Hall–Kier alpha value is -4.17. The maximum absolute atomic E-state index is 13.8. The lowest BCUT2D eigenvalue weighted by Gasteiger charge is -2.19. The normalized spacial score (nSPS) is 12.4. The SMILES string of the molecule is COc1ccc(Cn2cc([C@H](CC(=O)NCc3ccco3)c3ccc(Cl)c(C(F)(F)F)c3)c3ccccc32)cc1. The molecule has 0 saturated heterocycles. The van der Waals surface area contributed by atoms with Gasteiger partial charge in [-0.3, -0.25) is 4.79 Å². The van der Waals surface area contributed by atoms with Crippen LogP contribution in [0, 0.1) is 0 Å². The van der Waals surface area contributed by atoms with E-state index >= 15 is 0 Å². The summed E-state index contributed by atoms with van der Waals surface area (Å²) in [6.07, 6.45) is -1.28. The molecule has 5 aromatic rings. The van der Waals surface area contributed by atoms with Gasteiger partial charge in [-0.2, -0.15) is 13.2 Å². The molecule has 2 heterocycles. The Morgan fingerprint density at radius 1 is 1.05 bits per heavy atom. The van der Waals surface area contributed by atoms with Crippen LogP contribution < -0.4 is 10.1 Å². The largest absolute Gasteiger partial charge is 0.497 e. The van der Waals surface area contributed by atoms with Crippen molar-refractivity contribution in [2.75, 3.05) is 7.11 Å². The number of nitrogens with one attached hydrogen (secondary N) is 1. The lowest BCUT2D eigenvalue weighted by atomic mass is 9.87. The highest BCUT2D eigenvalue weighted by atomic mass is 35.5. The highest BCUT2D eigenvalue weighted by molar-refractivity contribution is 6.31. The van der Waals surface area contributed by atoms with Crippen molar-refractivity contribution in [3.05, 3.63) is 124 Å². The Morgan fingerprint density at radius 3 is 2.52 bits per heavy atom. The van der Waals surface area contributed by atoms with E-state index < -0.39 is 17.7 Å². The van der Waals surface area contributed by atoms with E-state index in [-0.39, 0.29) is 23.9 Å². The molecule has 5 nitrogen and oxygen atoms in total. The molecular weight excluding hydrogens is 541 g/mol. The summed E-state index contributed by atoms with van der Waals surface area (Å²) in [5.41, 5.74) is 2.07. The quantitative estimate of drug-likeness (QED) is 0.198. The zero-order valence-electron chi connectivity index (χ0n) is 21.5. The Balaban J connectivity index is 1.56. The van der Waals surface area contributed by atoms with Gasteiger partial charge in [-0.25, -0.2) is 0 Å². The first-order valence-electron chi connectivity index (χ1n) is 12.6. The molecule has 2 aromatic heterocycles. The highest BCUT2D eigenvalue weighted by Gasteiger charge is 2.34. The van der Waals surface area contributed by atoms with Crippen LogP contribution in [0.2, 0.25) is 5.02 Å². The molecule has 0 aliphatic carbocycles. The van der Waals surface area contributed by atoms with E-state index in [9.17, 15) is 18.0 Å². The summed E-state index contributed by atoms with van der Waals surface area (Å²) in [4.78, 5) is 13.1. The zero-order chi connectivity index (χ0) is 28.3. The van der Waals surface area contributed by atoms with Gasteiger partial charge in [-0.1, -0.05) is 48.0 Å². The summed E-state index contributed by atoms with van der Waals surface area (Å²) in [7, 11) is 1.60. The Bertz CT molecular complexity index is 1610. The third-order valence-corrected chi connectivity index (χ3v) is 7.16. The first-order valence-corrected chi connectivity index (χ1v) is 13.0. The standard InChI is InChI=1S/C31H26ClF3N2O3/c1-39-22-11-8-20(9-12-22)18-37-19-26(24-6-2-3-7-29(24)37)25(16-30(38)36-17-23-5-4-14-40-23)21-10-13-28(32)27(15-21)31(33,34)35/h2-15,19,25H,16-18H2,1H3,(H,36,38)/t25-/m1/s1. The van der Waals surface area contributed by atoms with Crippen LogP contribution in [0.1, 0.15) is 40.4 Å². The minimum Gasteiger partial charge on any atom is -0.497 e. The van der Waals surface area contributed by atoms with E-state index in [2.05, 4.69) is 5.32 Å². The van der Waals surface area contributed by atoms with Gasteiger partial charge in [0.05, 0.1) is 30.5 Å². The van der Waals surface area contributed by atoms with Gasteiger partial charge in [-0.15, -0.1) is 0 Å². The number of rotatable bonds is 9. The van der Waals surface area contributed by atoms with Crippen LogP contribution in [0.3, 0.4) is 0 Å². The van der Waals surface area contributed by atoms with Gasteiger partial charge in [0, 0.05) is 36.0 Å². The summed E-state index contributed by atoms with van der Waals surface area (Å²) in [6, 6.07) is 22.6. The van der Waals surface area contributed by atoms with E-state index in [1.807, 2.05) is 59.3 Å². The number of benzene rings is 3. The number of carbonyl (C=O) groups excluding carboxylic acids is 1. The Labute approximate surface area is 234 Å². The van der Waals surface area contributed by atoms with Crippen LogP contribution >= 0.6 is 11.6 Å². The van der Waals surface area contributed by atoms with Gasteiger partial charge in [0.2, 0.25) is 5.91 Å². The molecule has 0 spiro atoms. The molecule has 1 atom stereocenters. The van der Waals surface area contributed by atoms with Crippen LogP contribution in [0.4, 0.5) is 13.2 Å².